The summed E-state index contributed by atoms with van der Waals surface area (Å²) in [5, 5.41) is 23.0. The van der Waals surface area contributed by atoms with Gasteiger partial charge in [-0.3, -0.25) is 14.9 Å². The minimum atomic E-state index is -0.805. The number of para-hydroxylation sites is 1. The number of nitro groups is 1. The van der Waals surface area contributed by atoms with Gasteiger partial charge in [-0.1, -0.05) is 12.1 Å². The van der Waals surface area contributed by atoms with Crippen LogP contribution in [0.4, 0.5) is 11.4 Å². The number of rotatable bonds is 7. The van der Waals surface area contributed by atoms with Crippen molar-refractivity contribution in [2.45, 2.75) is 0 Å². The van der Waals surface area contributed by atoms with Crippen LogP contribution in [-0.4, -0.2) is 32.2 Å². The molecule has 0 unspecified atom stereocenters. The Morgan fingerprint density at radius 1 is 1.18 bits per heavy atom. The number of carbonyl (C=O) groups is 1. The molecule has 0 aliphatic rings. The number of benzene rings is 2. The van der Waals surface area contributed by atoms with Crippen LogP contribution in [0.15, 0.2) is 42.0 Å². The van der Waals surface area contributed by atoms with Gasteiger partial charge in [0.15, 0.2) is 11.5 Å². The average molecular weight is 383 g/mol. The molecule has 0 aliphatic carbocycles. The summed E-state index contributed by atoms with van der Waals surface area (Å²) in [6.07, 6.45) is 1.31. The Morgan fingerprint density at radius 3 is 2.50 bits per heavy atom. The zero-order valence-corrected chi connectivity index (χ0v) is 15.4. The Hall–Kier alpha value is -4.06. The number of amides is 1. The van der Waals surface area contributed by atoms with Crippen molar-refractivity contribution in [1.82, 2.24) is 0 Å². The molecule has 0 fully saturated rings. The maximum absolute atomic E-state index is 12.5. The molecule has 0 aliphatic heterocycles. The number of hydrogen-bond donors (Lipinski definition) is 1. The van der Waals surface area contributed by atoms with Crippen molar-refractivity contribution in [3.05, 3.63) is 57.6 Å². The maximum atomic E-state index is 12.5. The molecule has 0 bridgehead atoms. The highest BCUT2D eigenvalue weighted by molar-refractivity contribution is 6.10. The van der Waals surface area contributed by atoms with Crippen molar-refractivity contribution in [3.63, 3.8) is 0 Å². The summed E-state index contributed by atoms with van der Waals surface area (Å²) in [6.45, 7) is 0. The number of anilines is 1. The van der Waals surface area contributed by atoms with E-state index < -0.39 is 10.8 Å². The van der Waals surface area contributed by atoms with Crippen molar-refractivity contribution in [2.24, 2.45) is 0 Å². The standard InChI is InChI=1S/C19H17N3O6/c1-26-14-7-8-15(16(10-14)22(24)25)21-19(23)13(11-20)9-12-5-4-6-17(27-2)18(12)28-3/h4-10H,1-3H3,(H,21,23). The van der Waals surface area contributed by atoms with Gasteiger partial charge in [-0.05, 0) is 24.3 Å². The Kier molecular flexibility index (Phi) is 6.54. The Bertz CT molecular complexity index is 978. The minimum absolute atomic E-state index is 0.0606. The predicted octanol–water partition coefficient (Wildman–Crippen LogP) is 3.17. The number of ether oxygens (including phenoxy) is 3. The van der Waals surface area contributed by atoms with Gasteiger partial charge in [-0.15, -0.1) is 0 Å². The summed E-state index contributed by atoms with van der Waals surface area (Å²) in [4.78, 5) is 23.1. The highest BCUT2D eigenvalue weighted by Crippen LogP contribution is 2.33. The fraction of sp³-hybridized carbons (Fsp3) is 0.158. The molecule has 0 radical (unpaired) electrons. The van der Waals surface area contributed by atoms with Gasteiger partial charge in [0.1, 0.15) is 23.1 Å². The van der Waals surface area contributed by atoms with Crippen molar-refractivity contribution < 1.29 is 23.9 Å². The van der Waals surface area contributed by atoms with E-state index in [0.29, 0.717) is 17.1 Å². The second kappa shape index (κ2) is 9.05. The summed E-state index contributed by atoms with van der Waals surface area (Å²) in [6, 6.07) is 10.7. The molecule has 0 atom stereocenters. The van der Waals surface area contributed by atoms with Gasteiger partial charge in [-0.25, -0.2) is 0 Å². The van der Waals surface area contributed by atoms with Crippen LogP contribution >= 0.6 is 0 Å². The van der Waals surface area contributed by atoms with E-state index in [1.165, 1.54) is 45.6 Å². The second-order valence-corrected chi connectivity index (χ2v) is 5.35. The Labute approximate surface area is 160 Å². The Balaban J connectivity index is 2.40. The van der Waals surface area contributed by atoms with Gasteiger partial charge in [0.05, 0.1) is 32.3 Å². The second-order valence-electron chi connectivity index (χ2n) is 5.35. The van der Waals surface area contributed by atoms with Gasteiger partial charge in [0, 0.05) is 5.56 Å². The van der Waals surface area contributed by atoms with Gasteiger partial charge >= 0.3 is 0 Å². The van der Waals surface area contributed by atoms with Crippen molar-refractivity contribution in [2.75, 3.05) is 26.6 Å². The van der Waals surface area contributed by atoms with E-state index in [1.807, 2.05) is 0 Å². The molecule has 1 amide bonds. The highest BCUT2D eigenvalue weighted by atomic mass is 16.6. The number of carbonyl (C=O) groups excluding carboxylic acids is 1. The largest absolute Gasteiger partial charge is 0.496 e. The molecule has 0 saturated heterocycles. The first kappa shape index (κ1) is 20.3. The van der Waals surface area contributed by atoms with Crippen LogP contribution < -0.4 is 19.5 Å². The van der Waals surface area contributed by atoms with Crippen LogP contribution in [-0.2, 0) is 4.79 Å². The molecule has 9 heteroatoms. The number of hydrogen-bond acceptors (Lipinski definition) is 7. The molecule has 1 N–H and O–H groups in total. The lowest BCUT2D eigenvalue weighted by atomic mass is 10.1. The first-order valence-corrected chi connectivity index (χ1v) is 7.91. The summed E-state index contributed by atoms with van der Waals surface area (Å²) in [7, 11) is 4.27. The monoisotopic (exact) mass is 383 g/mol. The van der Waals surface area contributed by atoms with E-state index in [2.05, 4.69) is 5.32 Å². The SMILES string of the molecule is COc1ccc(NC(=O)C(C#N)=Cc2cccc(OC)c2OC)c([N+](=O)[O-])c1. The quantitative estimate of drug-likeness (QED) is 0.337. The van der Waals surface area contributed by atoms with Gasteiger partial charge in [-0.2, -0.15) is 5.26 Å². The Morgan fingerprint density at radius 2 is 1.93 bits per heavy atom. The van der Waals surface area contributed by atoms with E-state index in [9.17, 15) is 20.2 Å². The average Bonchev–Trinajstić information content (AvgIpc) is 2.71. The zero-order valence-electron chi connectivity index (χ0n) is 15.4. The van der Waals surface area contributed by atoms with Crippen LogP contribution in [0.25, 0.3) is 6.08 Å². The molecule has 0 saturated carbocycles. The van der Waals surface area contributed by atoms with Crippen molar-refractivity contribution in [1.29, 1.82) is 5.26 Å². The van der Waals surface area contributed by atoms with Crippen LogP contribution in [0.5, 0.6) is 17.2 Å². The number of nitriles is 1. The molecular weight excluding hydrogens is 366 g/mol. The van der Waals surface area contributed by atoms with Crippen LogP contribution in [0.1, 0.15) is 5.56 Å². The third-order valence-electron chi connectivity index (χ3n) is 3.75. The summed E-state index contributed by atoms with van der Waals surface area (Å²) in [5.74, 6) is 0.239. The lowest BCUT2D eigenvalue weighted by Gasteiger charge is -2.11. The third kappa shape index (κ3) is 4.37. The highest BCUT2D eigenvalue weighted by Gasteiger charge is 2.20. The lowest BCUT2D eigenvalue weighted by Crippen LogP contribution is -2.14. The first-order valence-electron chi connectivity index (χ1n) is 7.91. The van der Waals surface area contributed by atoms with E-state index in [4.69, 9.17) is 14.2 Å². The number of nitro benzene ring substituents is 1. The molecule has 2 aromatic rings. The fourth-order valence-corrected chi connectivity index (χ4v) is 2.41. The zero-order chi connectivity index (χ0) is 20.7. The molecule has 2 rings (SSSR count). The summed E-state index contributed by atoms with van der Waals surface area (Å²) >= 11 is 0. The summed E-state index contributed by atoms with van der Waals surface area (Å²) < 4.78 is 15.4. The van der Waals surface area contributed by atoms with Crippen LogP contribution in [0.3, 0.4) is 0 Å². The topological polar surface area (TPSA) is 124 Å². The van der Waals surface area contributed by atoms with E-state index >= 15 is 0 Å². The normalized spacial score (nSPS) is 10.6. The third-order valence-corrected chi connectivity index (χ3v) is 3.75. The molecule has 144 valence electrons. The van der Waals surface area contributed by atoms with Crippen molar-refractivity contribution >= 4 is 23.4 Å². The smallest absolute Gasteiger partial charge is 0.296 e. The van der Waals surface area contributed by atoms with Gasteiger partial charge < -0.3 is 19.5 Å². The molecule has 0 aromatic heterocycles. The van der Waals surface area contributed by atoms with Gasteiger partial charge in [0.25, 0.3) is 11.6 Å². The molecule has 0 spiro atoms. The number of nitrogens with zero attached hydrogens (tertiary/aromatic N) is 2. The van der Waals surface area contributed by atoms with Crippen LogP contribution in [0.2, 0.25) is 0 Å². The lowest BCUT2D eigenvalue weighted by molar-refractivity contribution is -0.384. The fourth-order valence-electron chi connectivity index (χ4n) is 2.41. The van der Waals surface area contributed by atoms with Gasteiger partial charge in [0.2, 0.25) is 0 Å². The van der Waals surface area contributed by atoms with E-state index in [0.717, 1.165) is 0 Å². The van der Waals surface area contributed by atoms with E-state index in [1.54, 1.807) is 24.3 Å². The first-order chi connectivity index (χ1) is 13.4. The summed E-state index contributed by atoms with van der Waals surface area (Å²) in [5.41, 5.74) is -0.243. The van der Waals surface area contributed by atoms with E-state index in [-0.39, 0.29) is 22.7 Å². The maximum Gasteiger partial charge on any atom is 0.296 e. The molecule has 28 heavy (non-hydrogen) atoms. The molecular formula is C19H17N3O6. The molecule has 0 heterocycles. The number of nitrogens with one attached hydrogen (secondary N) is 1. The van der Waals surface area contributed by atoms with Crippen molar-refractivity contribution in [3.8, 4) is 23.3 Å². The minimum Gasteiger partial charge on any atom is -0.496 e. The predicted molar refractivity (Wildman–Crippen MR) is 101 cm³/mol. The van der Waals surface area contributed by atoms with Crippen LogP contribution in [0, 0.1) is 21.4 Å². The number of methoxy groups -OCH3 is 3. The molecule has 2 aromatic carbocycles. The molecule has 9 nitrogen and oxygen atoms in total.